The van der Waals surface area contributed by atoms with Crippen LogP contribution in [0.1, 0.15) is 34.1 Å². The summed E-state index contributed by atoms with van der Waals surface area (Å²) in [6, 6.07) is 6.12. The third-order valence-electron chi connectivity index (χ3n) is 2.75. The molecule has 0 aliphatic rings. The summed E-state index contributed by atoms with van der Waals surface area (Å²) in [7, 11) is 0. The molecule has 1 unspecified atom stereocenters. The molecule has 2 rings (SSSR count). The van der Waals surface area contributed by atoms with Gasteiger partial charge in [0.25, 0.3) is 0 Å². The van der Waals surface area contributed by atoms with Crippen molar-refractivity contribution in [2.45, 2.75) is 26.3 Å². The molecule has 1 aromatic heterocycles. The van der Waals surface area contributed by atoms with Crippen molar-refractivity contribution in [1.82, 2.24) is 4.98 Å². The summed E-state index contributed by atoms with van der Waals surface area (Å²) in [6.07, 6.45) is 0.881. The minimum atomic E-state index is -0.472. The van der Waals surface area contributed by atoms with Crippen molar-refractivity contribution in [1.29, 1.82) is 0 Å². The van der Waals surface area contributed by atoms with E-state index >= 15 is 0 Å². The van der Waals surface area contributed by atoms with Gasteiger partial charge in [0.05, 0.1) is 11.7 Å². The van der Waals surface area contributed by atoms with Gasteiger partial charge in [0.2, 0.25) is 0 Å². The Morgan fingerprint density at radius 1 is 1.41 bits per heavy atom. The number of aryl methyl sites for hydroxylation is 2. The first-order valence-electron chi connectivity index (χ1n) is 5.59. The fourth-order valence-corrected chi connectivity index (χ4v) is 2.80. The summed E-state index contributed by atoms with van der Waals surface area (Å²) in [4.78, 5) is 5.63. The summed E-state index contributed by atoms with van der Waals surface area (Å²) < 4.78 is 13.6. The summed E-state index contributed by atoms with van der Waals surface area (Å²) in [5.74, 6) is -0.272. The maximum absolute atomic E-state index is 13.6. The minimum Gasteiger partial charge on any atom is -0.318 e. The lowest BCUT2D eigenvalue weighted by atomic mass is 10.1. The smallest absolute Gasteiger partial charge is 0.128 e. The monoisotopic (exact) mass is 250 g/mol. The van der Waals surface area contributed by atoms with Crippen molar-refractivity contribution in [2.24, 2.45) is 5.73 Å². The summed E-state index contributed by atoms with van der Waals surface area (Å²) in [6.45, 7) is 4.08. The fourth-order valence-electron chi connectivity index (χ4n) is 1.77. The molecule has 0 radical (unpaired) electrons. The van der Waals surface area contributed by atoms with Crippen LogP contribution in [0, 0.1) is 12.7 Å². The van der Waals surface area contributed by atoms with Gasteiger partial charge in [0.1, 0.15) is 10.8 Å². The van der Waals surface area contributed by atoms with Crippen molar-refractivity contribution in [3.8, 4) is 0 Å². The summed E-state index contributed by atoms with van der Waals surface area (Å²) in [5, 5.41) is 0.782. The molecule has 2 aromatic rings. The quantitative estimate of drug-likeness (QED) is 0.908. The van der Waals surface area contributed by atoms with Crippen molar-refractivity contribution in [2.75, 3.05) is 0 Å². The molecular weight excluding hydrogens is 235 g/mol. The Morgan fingerprint density at radius 2 is 2.12 bits per heavy atom. The van der Waals surface area contributed by atoms with E-state index < -0.39 is 6.04 Å². The van der Waals surface area contributed by atoms with E-state index in [1.807, 2.05) is 6.92 Å². The van der Waals surface area contributed by atoms with Crippen molar-refractivity contribution < 1.29 is 4.39 Å². The molecule has 1 heterocycles. The molecule has 2 nitrogen and oxygen atoms in total. The molecule has 0 fully saturated rings. The number of hydrogen-bond donors (Lipinski definition) is 1. The predicted molar refractivity (Wildman–Crippen MR) is 68.7 cm³/mol. The van der Waals surface area contributed by atoms with Crippen LogP contribution in [0.5, 0.6) is 0 Å². The molecule has 0 bridgehead atoms. The van der Waals surface area contributed by atoms with E-state index in [1.54, 1.807) is 29.5 Å². The van der Waals surface area contributed by atoms with Gasteiger partial charge in [0.15, 0.2) is 0 Å². The Morgan fingerprint density at radius 3 is 2.71 bits per heavy atom. The highest BCUT2D eigenvalue weighted by Gasteiger charge is 2.17. The molecule has 0 amide bonds. The first-order chi connectivity index (χ1) is 8.13. The molecule has 90 valence electrons. The van der Waals surface area contributed by atoms with E-state index in [9.17, 15) is 4.39 Å². The highest BCUT2D eigenvalue weighted by molar-refractivity contribution is 7.11. The third-order valence-corrected chi connectivity index (χ3v) is 3.85. The zero-order chi connectivity index (χ0) is 12.4. The number of hydrogen-bond acceptors (Lipinski definition) is 3. The number of nitrogens with two attached hydrogens (primary N) is 1. The van der Waals surface area contributed by atoms with Crippen LogP contribution in [0.2, 0.25) is 0 Å². The van der Waals surface area contributed by atoms with E-state index in [4.69, 9.17) is 5.73 Å². The van der Waals surface area contributed by atoms with Crippen molar-refractivity contribution >= 4 is 11.3 Å². The maximum atomic E-state index is 13.6. The number of thiazole rings is 1. The second kappa shape index (κ2) is 4.94. The standard InChI is InChI=1S/C13H15FN2S/c1-3-11-8(2)17-13(16-11)12(15)9-6-4-5-7-10(9)14/h4-7,12H,3,15H2,1-2H3. The van der Waals surface area contributed by atoms with Crippen LogP contribution in [0.3, 0.4) is 0 Å². The average Bonchev–Trinajstić information content (AvgIpc) is 2.70. The minimum absolute atomic E-state index is 0.272. The van der Waals surface area contributed by atoms with Gasteiger partial charge in [-0.3, -0.25) is 0 Å². The third kappa shape index (κ3) is 2.37. The van der Waals surface area contributed by atoms with Gasteiger partial charge in [-0.05, 0) is 19.4 Å². The Labute approximate surface area is 104 Å². The van der Waals surface area contributed by atoms with Crippen molar-refractivity contribution in [3.63, 3.8) is 0 Å². The molecule has 0 spiro atoms. The zero-order valence-electron chi connectivity index (χ0n) is 9.90. The number of benzene rings is 1. The predicted octanol–water partition coefficient (Wildman–Crippen LogP) is 3.20. The highest BCUT2D eigenvalue weighted by Crippen LogP contribution is 2.27. The molecule has 0 saturated heterocycles. The van der Waals surface area contributed by atoms with Crippen LogP contribution in [0.25, 0.3) is 0 Å². The van der Waals surface area contributed by atoms with Crippen LogP contribution < -0.4 is 5.73 Å². The Balaban J connectivity index is 2.37. The number of rotatable bonds is 3. The number of aromatic nitrogens is 1. The second-order valence-corrected chi connectivity index (χ2v) is 5.14. The normalized spacial score (nSPS) is 12.7. The van der Waals surface area contributed by atoms with E-state index in [0.29, 0.717) is 5.56 Å². The molecule has 17 heavy (non-hydrogen) atoms. The largest absolute Gasteiger partial charge is 0.318 e. The van der Waals surface area contributed by atoms with Gasteiger partial charge in [-0.1, -0.05) is 25.1 Å². The molecule has 1 aromatic carbocycles. The molecule has 0 aliphatic carbocycles. The van der Waals surface area contributed by atoms with Crippen LogP contribution in [-0.2, 0) is 6.42 Å². The van der Waals surface area contributed by atoms with Gasteiger partial charge in [-0.2, -0.15) is 0 Å². The Hall–Kier alpha value is -1.26. The van der Waals surface area contributed by atoms with Crippen LogP contribution >= 0.6 is 11.3 Å². The van der Waals surface area contributed by atoms with Gasteiger partial charge in [-0.15, -0.1) is 11.3 Å². The van der Waals surface area contributed by atoms with Crippen molar-refractivity contribution in [3.05, 3.63) is 51.2 Å². The Bertz CT molecular complexity index is 522. The van der Waals surface area contributed by atoms with Crippen LogP contribution in [-0.4, -0.2) is 4.98 Å². The van der Waals surface area contributed by atoms with Gasteiger partial charge >= 0.3 is 0 Å². The summed E-state index contributed by atoms with van der Waals surface area (Å²) in [5.41, 5.74) is 7.62. The number of halogens is 1. The zero-order valence-corrected chi connectivity index (χ0v) is 10.7. The van der Waals surface area contributed by atoms with E-state index in [1.165, 1.54) is 6.07 Å². The van der Waals surface area contributed by atoms with E-state index in [-0.39, 0.29) is 5.82 Å². The highest BCUT2D eigenvalue weighted by atomic mass is 32.1. The Kier molecular flexibility index (Phi) is 3.54. The lowest BCUT2D eigenvalue weighted by Crippen LogP contribution is -2.13. The van der Waals surface area contributed by atoms with Crippen LogP contribution in [0.15, 0.2) is 24.3 Å². The molecule has 0 saturated carbocycles. The van der Waals surface area contributed by atoms with Gasteiger partial charge < -0.3 is 5.73 Å². The number of nitrogens with zero attached hydrogens (tertiary/aromatic N) is 1. The van der Waals surface area contributed by atoms with Crippen LogP contribution in [0.4, 0.5) is 4.39 Å². The lowest BCUT2D eigenvalue weighted by molar-refractivity contribution is 0.599. The molecule has 1 atom stereocenters. The molecule has 2 N–H and O–H groups in total. The van der Waals surface area contributed by atoms with Gasteiger partial charge in [-0.25, -0.2) is 9.37 Å². The maximum Gasteiger partial charge on any atom is 0.128 e. The molecule has 0 aliphatic heterocycles. The van der Waals surface area contributed by atoms with Gasteiger partial charge in [0, 0.05) is 10.4 Å². The molecule has 4 heteroatoms. The topological polar surface area (TPSA) is 38.9 Å². The first-order valence-corrected chi connectivity index (χ1v) is 6.41. The SMILES string of the molecule is CCc1nc(C(N)c2ccccc2F)sc1C. The fraction of sp³-hybridized carbons (Fsp3) is 0.308. The van der Waals surface area contributed by atoms with E-state index in [0.717, 1.165) is 22.0 Å². The lowest BCUT2D eigenvalue weighted by Gasteiger charge is -2.09. The summed E-state index contributed by atoms with van der Waals surface area (Å²) >= 11 is 1.55. The first kappa shape index (κ1) is 12.2. The average molecular weight is 250 g/mol. The van der Waals surface area contributed by atoms with E-state index in [2.05, 4.69) is 11.9 Å². The molecular formula is C13H15FN2S. The second-order valence-electron chi connectivity index (χ2n) is 3.91.